The lowest BCUT2D eigenvalue weighted by atomic mass is 10.4. The van der Waals surface area contributed by atoms with Crippen LogP contribution in [0.2, 0.25) is 0 Å². The first-order valence-electron chi connectivity index (χ1n) is 5.54. The minimum absolute atomic E-state index is 0.0933. The maximum Gasteiger partial charge on any atom is 0.341 e. The van der Waals surface area contributed by atoms with E-state index in [1.54, 1.807) is 4.90 Å². The van der Waals surface area contributed by atoms with Crippen LogP contribution >= 0.6 is 0 Å². The van der Waals surface area contributed by atoms with Crippen molar-refractivity contribution in [2.75, 3.05) is 33.3 Å². The van der Waals surface area contributed by atoms with Gasteiger partial charge in [0.1, 0.15) is 6.54 Å². The topological polar surface area (TPSA) is 99.2 Å². The molecular weight excluding hydrogens is 242 g/mol. The number of hydrogen-bond donors (Lipinski definition) is 2. The van der Waals surface area contributed by atoms with Gasteiger partial charge in [0.25, 0.3) is 0 Å². The Morgan fingerprint density at radius 1 is 1.22 bits per heavy atom. The van der Waals surface area contributed by atoms with Crippen LogP contribution in [0.1, 0.15) is 13.8 Å². The second kappa shape index (κ2) is 8.29. The molecule has 18 heavy (non-hydrogen) atoms. The van der Waals surface area contributed by atoms with Crippen LogP contribution in [0, 0.1) is 0 Å². The van der Waals surface area contributed by atoms with Gasteiger partial charge in [-0.15, -0.1) is 0 Å². The molecular formula is C10H19N3O5. The third-order valence-corrected chi connectivity index (χ3v) is 2.19. The fraction of sp³-hybridized carbons (Fsp3) is 0.700. The van der Waals surface area contributed by atoms with Crippen LogP contribution < -0.4 is 5.48 Å². The summed E-state index contributed by atoms with van der Waals surface area (Å²) in [6, 6.07) is -0.670. The number of carbonyl (C=O) groups is 3. The predicted octanol–water partition coefficient (Wildman–Crippen LogP) is -0.488. The number of carboxylic acid groups (broad SMARTS) is 1. The van der Waals surface area contributed by atoms with Crippen LogP contribution in [0.3, 0.4) is 0 Å². The molecule has 0 aromatic heterocycles. The smallest absolute Gasteiger partial charge is 0.341 e. The highest BCUT2D eigenvalue weighted by atomic mass is 16.7. The number of carbonyl (C=O) groups excluding carboxylic acids is 2. The van der Waals surface area contributed by atoms with Crippen molar-refractivity contribution in [3.8, 4) is 0 Å². The van der Waals surface area contributed by atoms with Gasteiger partial charge in [0.2, 0.25) is 5.91 Å². The van der Waals surface area contributed by atoms with E-state index >= 15 is 0 Å². The molecule has 0 spiro atoms. The molecule has 0 aliphatic carbocycles. The molecule has 2 N–H and O–H groups in total. The predicted molar refractivity (Wildman–Crippen MR) is 62.7 cm³/mol. The molecule has 0 heterocycles. The zero-order valence-electron chi connectivity index (χ0n) is 10.8. The van der Waals surface area contributed by atoms with E-state index in [1.807, 2.05) is 19.3 Å². The van der Waals surface area contributed by atoms with E-state index in [-0.39, 0.29) is 12.5 Å². The average Bonchev–Trinajstić information content (AvgIpc) is 2.29. The van der Waals surface area contributed by atoms with E-state index in [2.05, 4.69) is 4.84 Å². The number of nitrogens with zero attached hydrogens (tertiary/aromatic N) is 2. The molecule has 0 saturated heterocycles. The van der Waals surface area contributed by atoms with Crippen molar-refractivity contribution in [1.82, 2.24) is 15.3 Å². The van der Waals surface area contributed by atoms with Gasteiger partial charge in [-0.25, -0.2) is 15.1 Å². The molecule has 8 nitrogen and oxygen atoms in total. The lowest BCUT2D eigenvalue weighted by Crippen LogP contribution is -2.45. The van der Waals surface area contributed by atoms with Gasteiger partial charge in [-0.2, -0.15) is 0 Å². The van der Waals surface area contributed by atoms with Crippen molar-refractivity contribution >= 4 is 17.9 Å². The first kappa shape index (κ1) is 16.2. The Labute approximate surface area is 105 Å². The fourth-order valence-corrected chi connectivity index (χ4v) is 1.19. The Kier molecular flexibility index (Phi) is 7.45. The molecule has 0 saturated carbocycles. The first-order chi connectivity index (χ1) is 8.42. The maximum absolute atomic E-state index is 11.7. The number of amides is 3. The molecule has 0 bridgehead atoms. The van der Waals surface area contributed by atoms with Crippen molar-refractivity contribution in [2.45, 2.75) is 13.8 Å². The standard InChI is InChI=1S/C10H19N3O5/c1-4-13(5-2)8(14)6-12(3)10(17)11-18-7-9(15)16/h4-7H2,1-3H3,(H,11,17)(H,15,16). The quantitative estimate of drug-likeness (QED) is 0.603. The van der Waals surface area contributed by atoms with Gasteiger partial charge >= 0.3 is 12.0 Å². The van der Waals surface area contributed by atoms with Crippen LogP contribution in [0.25, 0.3) is 0 Å². The van der Waals surface area contributed by atoms with Crippen molar-refractivity contribution in [3.63, 3.8) is 0 Å². The molecule has 0 aliphatic heterocycles. The number of rotatable bonds is 7. The molecule has 0 unspecified atom stereocenters. The Morgan fingerprint density at radius 3 is 2.22 bits per heavy atom. The maximum atomic E-state index is 11.7. The van der Waals surface area contributed by atoms with E-state index in [0.29, 0.717) is 13.1 Å². The zero-order valence-corrected chi connectivity index (χ0v) is 10.8. The molecule has 0 atom stereocenters. The number of aliphatic carboxylic acids is 1. The molecule has 8 heteroatoms. The number of carboxylic acids is 1. The van der Waals surface area contributed by atoms with E-state index in [1.165, 1.54) is 7.05 Å². The minimum atomic E-state index is -1.20. The monoisotopic (exact) mass is 261 g/mol. The number of hydroxylamine groups is 1. The second-order valence-electron chi connectivity index (χ2n) is 3.51. The SMILES string of the molecule is CCN(CC)C(=O)CN(C)C(=O)NOCC(=O)O. The summed E-state index contributed by atoms with van der Waals surface area (Å²) in [5.41, 5.74) is 1.93. The third kappa shape index (κ3) is 6.04. The summed E-state index contributed by atoms with van der Waals surface area (Å²) in [6.07, 6.45) is 0. The number of likely N-dealkylation sites (N-methyl/N-ethyl adjacent to an activating group) is 2. The lowest BCUT2D eigenvalue weighted by molar-refractivity contribution is -0.144. The van der Waals surface area contributed by atoms with Gasteiger partial charge in [-0.3, -0.25) is 9.63 Å². The van der Waals surface area contributed by atoms with Crippen molar-refractivity contribution in [3.05, 3.63) is 0 Å². The van der Waals surface area contributed by atoms with Crippen molar-refractivity contribution in [2.24, 2.45) is 0 Å². The molecule has 0 aromatic carbocycles. The lowest BCUT2D eigenvalue weighted by Gasteiger charge is -2.23. The summed E-state index contributed by atoms with van der Waals surface area (Å²) in [6.45, 7) is 4.10. The molecule has 0 radical (unpaired) electrons. The van der Waals surface area contributed by atoms with Gasteiger partial charge in [-0.1, -0.05) is 0 Å². The molecule has 0 rings (SSSR count). The van der Waals surface area contributed by atoms with Crippen LogP contribution in [0.5, 0.6) is 0 Å². The van der Waals surface area contributed by atoms with E-state index in [4.69, 9.17) is 5.11 Å². The number of nitrogens with one attached hydrogen (secondary N) is 1. The third-order valence-electron chi connectivity index (χ3n) is 2.19. The zero-order chi connectivity index (χ0) is 14.1. The Bertz CT molecular complexity index is 304. The fourth-order valence-electron chi connectivity index (χ4n) is 1.19. The first-order valence-corrected chi connectivity index (χ1v) is 5.54. The summed E-state index contributed by atoms with van der Waals surface area (Å²) in [7, 11) is 1.42. The highest BCUT2D eigenvalue weighted by Crippen LogP contribution is 1.93. The van der Waals surface area contributed by atoms with Gasteiger partial charge in [0.15, 0.2) is 6.61 Å². The summed E-state index contributed by atoms with van der Waals surface area (Å²) in [5, 5.41) is 8.30. The van der Waals surface area contributed by atoms with E-state index in [9.17, 15) is 14.4 Å². The highest BCUT2D eigenvalue weighted by molar-refractivity contribution is 5.83. The van der Waals surface area contributed by atoms with Gasteiger partial charge < -0.3 is 14.9 Å². The second-order valence-corrected chi connectivity index (χ2v) is 3.51. The Hall–Kier alpha value is -1.83. The molecule has 0 fully saturated rings. The molecule has 3 amide bonds. The van der Waals surface area contributed by atoms with E-state index < -0.39 is 18.6 Å². The van der Waals surface area contributed by atoms with Gasteiger partial charge in [-0.05, 0) is 13.8 Å². The summed E-state index contributed by atoms with van der Waals surface area (Å²) >= 11 is 0. The van der Waals surface area contributed by atoms with E-state index in [0.717, 1.165) is 4.90 Å². The van der Waals surface area contributed by atoms with Crippen LogP contribution in [-0.4, -0.2) is 66.1 Å². The van der Waals surface area contributed by atoms with Crippen molar-refractivity contribution in [1.29, 1.82) is 0 Å². The summed E-state index contributed by atoms with van der Waals surface area (Å²) < 4.78 is 0. The average molecular weight is 261 g/mol. The van der Waals surface area contributed by atoms with Crippen LogP contribution in [-0.2, 0) is 14.4 Å². The normalized spacial score (nSPS) is 9.72. The highest BCUT2D eigenvalue weighted by Gasteiger charge is 2.16. The number of hydrogen-bond acceptors (Lipinski definition) is 4. The van der Waals surface area contributed by atoms with Crippen molar-refractivity contribution < 1.29 is 24.3 Å². The molecule has 0 aliphatic rings. The van der Waals surface area contributed by atoms with Crippen LogP contribution in [0.4, 0.5) is 4.79 Å². The minimum Gasteiger partial charge on any atom is -0.479 e. The Morgan fingerprint density at radius 2 is 1.78 bits per heavy atom. The summed E-state index contributed by atoms with van der Waals surface area (Å²) in [4.78, 5) is 40.3. The summed E-state index contributed by atoms with van der Waals surface area (Å²) in [5.74, 6) is -1.38. The van der Waals surface area contributed by atoms with Gasteiger partial charge in [0.05, 0.1) is 0 Å². The molecule has 0 aromatic rings. The largest absolute Gasteiger partial charge is 0.479 e. The van der Waals surface area contributed by atoms with Gasteiger partial charge in [0, 0.05) is 20.1 Å². The van der Waals surface area contributed by atoms with Crippen LogP contribution in [0.15, 0.2) is 0 Å². The number of urea groups is 1. The molecule has 104 valence electrons. The Balaban J connectivity index is 4.07.